The van der Waals surface area contributed by atoms with Gasteiger partial charge in [-0.3, -0.25) is 9.10 Å². The first-order chi connectivity index (χ1) is 18.3. The predicted molar refractivity (Wildman–Crippen MR) is 150 cm³/mol. The topological polar surface area (TPSA) is 88.1 Å². The summed E-state index contributed by atoms with van der Waals surface area (Å²) in [5.74, 6) is -0.0461. The van der Waals surface area contributed by atoms with Crippen LogP contribution in [-0.2, 0) is 21.4 Å². The molecule has 4 aromatic carbocycles. The smallest absolute Gasteiger partial charge is 0.264 e. The maximum absolute atomic E-state index is 13.4. The summed E-state index contributed by atoms with van der Waals surface area (Å²) in [6, 6.07) is 29.6. The summed E-state index contributed by atoms with van der Waals surface area (Å²) < 4.78 is 33.8. The third-order valence-corrected chi connectivity index (χ3v) is 7.72. The lowest BCUT2D eigenvalue weighted by atomic mass is 10.2. The van der Waals surface area contributed by atoms with E-state index >= 15 is 0 Å². The highest BCUT2D eigenvalue weighted by Gasteiger charge is 2.27. The Morgan fingerprint density at radius 2 is 1.66 bits per heavy atom. The van der Waals surface area contributed by atoms with E-state index in [0.717, 1.165) is 15.4 Å². The molecule has 1 N–H and O–H groups in total. The Morgan fingerprint density at radius 3 is 2.42 bits per heavy atom. The van der Waals surface area contributed by atoms with Gasteiger partial charge >= 0.3 is 0 Å². The maximum Gasteiger partial charge on any atom is 0.264 e. The summed E-state index contributed by atoms with van der Waals surface area (Å²) in [6.45, 7) is 1.66. The lowest BCUT2D eigenvalue weighted by Gasteiger charge is -2.24. The number of benzene rings is 4. The number of hydrogen-bond donors (Lipinski definition) is 1. The van der Waals surface area contributed by atoms with Crippen LogP contribution < -0.4 is 14.5 Å². The second kappa shape index (κ2) is 12.4. The summed E-state index contributed by atoms with van der Waals surface area (Å²) >= 11 is 6.21. The van der Waals surface area contributed by atoms with E-state index in [1.165, 1.54) is 18.3 Å². The molecule has 4 rings (SSSR count). The third kappa shape index (κ3) is 6.79. The normalized spacial score (nSPS) is 11.3. The number of carbonyl (C=O) groups excluding carboxylic acids is 1. The first-order valence-corrected chi connectivity index (χ1v) is 13.6. The monoisotopic (exact) mass is 547 g/mol. The van der Waals surface area contributed by atoms with E-state index in [9.17, 15) is 13.2 Å². The average Bonchev–Trinajstić information content (AvgIpc) is 2.92. The minimum atomic E-state index is -4.00. The molecular formula is C29H26ClN3O4S. The largest absolute Gasteiger partial charge is 0.488 e. The number of carbonyl (C=O) groups is 1. The minimum Gasteiger partial charge on any atom is -0.488 e. The van der Waals surface area contributed by atoms with Crippen molar-refractivity contribution in [2.75, 3.05) is 10.8 Å². The van der Waals surface area contributed by atoms with E-state index in [2.05, 4.69) is 10.5 Å². The summed E-state index contributed by atoms with van der Waals surface area (Å²) in [4.78, 5) is 12.9. The van der Waals surface area contributed by atoms with Crippen molar-refractivity contribution in [3.05, 3.63) is 125 Å². The van der Waals surface area contributed by atoms with Gasteiger partial charge in [-0.1, -0.05) is 72.3 Å². The van der Waals surface area contributed by atoms with E-state index < -0.39 is 22.5 Å². The molecule has 0 aliphatic rings. The Hall–Kier alpha value is -4.14. The van der Waals surface area contributed by atoms with Gasteiger partial charge in [-0.2, -0.15) is 5.10 Å². The van der Waals surface area contributed by atoms with Crippen LogP contribution in [0.2, 0.25) is 5.02 Å². The maximum atomic E-state index is 13.4. The quantitative estimate of drug-likeness (QED) is 0.207. The van der Waals surface area contributed by atoms with Gasteiger partial charge in [-0.15, -0.1) is 0 Å². The number of halogens is 1. The molecule has 0 unspecified atom stereocenters. The lowest BCUT2D eigenvalue weighted by Crippen LogP contribution is -2.39. The van der Waals surface area contributed by atoms with Gasteiger partial charge in [-0.05, 0) is 55.0 Å². The van der Waals surface area contributed by atoms with E-state index in [4.69, 9.17) is 16.3 Å². The fraction of sp³-hybridized carbons (Fsp3) is 0.103. The Balaban J connectivity index is 1.48. The summed E-state index contributed by atoms with van der Waals surface area (Å²) in [6.07, 6.45) is 1.45. The number of anilines is 1. The van der Waals surface area contributed by atoms with Gasteiger partial charge in [0.15, 0.2) is 0 Å². The number of para-hydroxylation sites is 1. The van der Waals surface area contributed by atoms with Gasteiger partial charge < -0.3 is 4.74 Å². The third-order valence-electron chi connectivity index (χ3n) is 5.56. The number of rotatable bonds is 10. The number of nitrogens with zero attached hydrogens (tertiary/aromatic N) is 2. The van der Waals surface area contributed by atoms with Crippen molar-refractivity contribution >= 4 is 39.4 Å². The highest BCUT2D eigenvalue weighted by Crippen LogP contribution is 2.24. The Kier molecular flexibility index (Phi) is 8.78. The summed E-state index contributed by atoms with van der Waals surface area (Å²) in [5.41, 5.74) is 5.14. The van der Waals surface area contributed by atoms with Crippen LogP contribution in [0.4, 0.5) is 5.69 Å². The van der Waals surface area contributed by atoms with Crippen molar-refractivity contribution < 1.29 is 17.9 Å². The Labute approximate surface area is 227 Å². The van der Waals surface area contributed by atoms with Crippen LogP contribution in [0.5, 0.6) is 5.75 Å². The van der Waals surface area contributed by atoms with Gasteiger partial charge in [0.25, 0.3) is 15.9 Å². The highest BCUT2D eigenvalue weighted by molar-refractivity contribution is 7.92. The molecule has 0 fully saturated rings. The minimum absolute atomic E-state index is 0.0856. The van der Waals surface area contributed by atoms with Crippen molar-refractivity contribution in [2.45, 2.75) is 18.4 Å². The van der Waals surface area contributed by atoms with Crippen LogP contribution in [0, 0.1) is 6.92 Å². The van der Waals surface area contributed by atoms with Crippen LogP contribution >= 0.6 is 11.6 Å². The van der Waals surface area contributed by atoms with Crippen LogP contribution in [-0.4, -0.2) is 27.1 Å². The van der Waals surface area contributed by atoms with Gasteiger partial charge in [0.1, 0.15) is 18.9 Å². The molecule has 0 aliphatic carbocycles. The number of nitrogens with one attached hydrogen (secondary N) is 1. The number of ether oxygens (including phenoxy) is 1. The molecule has 1 amide bonds. The number of aryl methyl sites for hydroxylation is 1. The van der Waals surface area contributed by atoms with Crippen molar-refractivity contribution in [3.63, 3.8) is 0 Å². The summed E-state index contributed by atoms with van der Waals surface area (Å²) in [7, 11) is -4.00. The molecule has 0 aliphatic heterocycles. The fourth-order valence-electron chi connectivity index (χ4n) is 3.65. The van der Waals surface area contributed by atoms with Crippen molar-refractivity contribution in [3.8, 4) is 5.75 Å². The molecule has 194 valence electrons. The van der Waals surface area contributed by atoms with Gasteiger partial charge in [0.2, 0.25) is 0 Å². The van der Waals surface area contributed by atoms with Crippen LogP contribution in [0.3, 0.4) is 0 Å². The van der Waals surface area contributed by atoms with Crippen LogP contribution in [0.1, 0.15) is 16.7 Å². The Morgan fingerprint density at radius 1 is 0.947 bits per heavy atom. The molecule has 0 heterocycles. The van der Waals surface area contributed by atoms with Crippen LogP contribution in [0.15, 0.2) is 113 Å². The first kappa shape index (κ1) is 26.9. The number of hydrogen-bond acceptors (Lipinski definition) is 5. The molecule has 0 saturated carbocycles. The molecule has 4 aromatic rings. The van der Waals surface area contributed by atoms with Gasteiger partial charge in [0, 0.05) is 16.1 Å². The number of amides is 1. The molecule has 38 heavy (non-hydrogen) atoms. The van der Waals surface area contributed by atoms with E-state index in [1.807, 2.05) is 43.3 Å². The number of sulfonamides is 1. The van der Waals surface area contributed by atoms with Crippen molar-refractivity contribution in [2.24, 2.45) is 5.10 Å². The van der Waals surface area contributed by atoms with Gasteiger partial charge in [0.05, 0.1) is 16.8 Å². The lowest BCUT2D eigenvalue weighted by molar-refractivity contribution is -0.119. The molecular weight excluding hydrogens is 522 g/mol. The summed E-state index contributed by atoms with van der Waals surface area (Å²) in [5, 5.41) is 4.65. The zero-order chi connectivity index (χ0) is 27.0. The average molecular weight is 548 g/mol. The molecule has 0 bridgehead atoms. The van der Waals surface area contributed by atoms with Crippen LogP contribution in [0.25, 0.3) is 0 Å². The van der Waals surface area contributed by atoms with Gasteiger partial charge in [-0.25, -0.2) is 13.8 Å². The molecule has 0 saturated heterocycles. The molecule has 0 radical (unpaired) electrons. The molecule has 7 nitrogen and oxygen atoms in total. The highest BCUT2D eigenvalue weighted by atomic mass is 35.5. The zero-order valence-electron chi connectivity index (χ0n) is 20.6. The predicted octanol–water partition coefficient (Wildman–Crippen LogP) is 5.57. The molecule has 9 heteroatoms. The molecule has 0 atom stereocenters. The van der Waals surface area contributed by atoms with E-state index in [0.29, 0.717) is 22.0 Å². The SMILES string of the molecule is Cc1cccc(N(CC(=O)N/N=C/c2ccccc2OCc2ccccc2Cl)S(=O)(=O)c2ccccc2)c1. The first-order valence-electron chi connectivity index (χ1n) is 11.8. The van der Waals surface area contributed by atoms with E-state index in [1.54, 1.807) is 54.6 Å². The zero-order valence-corrected chi connectivity index (χ0v) is 22.2. The molecule has 0 spiro atoms. The second-order valence-corrected chi connectivity index (χ2v) is 10.6. The fourth-order valence-corrected chi connectivity index (χ4v) is 5.27. The van der Waals surface area contributed by atoms with Crippen molar-refractivity contribution in [1.82, 2.24) is 5.43 Å². The number of hydrazone groups is 1. The van der Waals surface area contributed by atoms with E-state index in [-0.39, 0.29) is 11.5 Å². The standard InChI is InChI=1S/C29H26ClN3O4S/c1-22-10-9-13-25(18-22)33(38(35,36)26-14-3-2-4-15-26)20-29(34)32-31-19-23-11-6-8-17-28(23)37-21-24-12-5-7-16-27(24)30/h2-19H,20-21H2,1H3,(H,32,34)/b31-19+. The molecule has 0 aromatic heterocycles. The Bertz CT molecular complexity index is 1540. The van der Waals surface area contributed by atoms with Crippen molar-refractivity contribution in [1.29, 1.82) is 0 Å². The second-order valence-electron chi connectivity index (χ2n) is 8.37.